The van der Waals surface area contributed by atoms with Crippen molar-refractivity contribution in [1.82, 2.24) is 5.43 Å². The Bertz CT molecular complexity index is 613. The summed E-state index contributed by atoms with van der Waals surface area (Å²) in [6.07, 6.45) is 0. The zero-order chi connectivity index (χ0) is 14.7. The highest BCUT2D eigenvalue weighted by Gasteiger charge is 2.18. The van der Waals surface area contributed by atoms with Crippen LogP contribution in [0.5, 0.6) is 5.75 Å². The number of nitrogens with one attached hydrogen (secondary N) is 1. The van der Waals surface area contributed by atoms with Gasteiger partial charge in [-0.05, 0) is 48.2 Å². The van der Waals surface area contributed by atoms with Gasteiger partial charge in [0.25, 0.3) is 0 Å². The number of hydrogen-bond donors (Lipinski definition) is 2. The molecule has 0 amide bonds. The van der Waals surface area contributed by atoms with Crippen LogP contribution in [0.1, 0.15) is 28.3 Å². The average molecular weight is 335 g/mol. The van der Waals surface area contributed by atoms with E-state index in [1.54, 1.807) is 7.11 Å². The first-order valence-electron chi connectivity index (χ1n) is 6.44. The van der Waals surface area contributed by atoms with Gasteiger partial charge in [-0.3, -0.25) is 5.84 Å². The molecule has 0 aliphatic heterocycles. The summed E-state index contributed by atoms with van der Waals surface area (Å²) in [4.78, 5) is 0. The van der Waals surface area contributed by atoms with Crippen LogP contribution in [-0.4, -0.2) is 7.11 Å². The Morgan fingerprint density at radius 1 is 1.10 bits per heavy atom. The lowest BCUT2D eigenvalue weighted by atomic mass is 9.93. The average Bonchev–Trinajstić information content (AvgIpc) is 2.45. The van der Waals surface area contributed by atoms with Crippen LogP contribution in [0.4, 0.5) is 0 Å². The van der Waals surface area contributed by atoms with Crippen LogP contribution in [-0.2, 0) is 0 Å². The van der Waals surface area contributed by atoms with Crippen molar-refractivity contribution in [2.75, 3.05) is 7.11 Å². The first kappa shape index (κ1) is 15.0. The van der Waals surface area contributed by atoms with Gasteiger partial charge in [0.2, 0.25) is 0 Å². The Kier molecular flexibility index (Phi) is 4.81. The maximum atomic E-state index is 5.79. The van der Waals surface area contributed by atoms with Crippen molar-refractivity contribution < 1.29 is 4.74 Å². The van der Waals surface area contributed by atoms with E-state index in [-0.39, 0.29) is 6.04 Å². The predicted molar refractivity (Wildman–Crippen MR) is 85.8 cm³/mol. The molecule has 1 atom stereocenters. The van der Waals surface area contributed by atoms with Crippen LogP contribution in [0.15, 0.2) is 40.9 Å². The molecular formula is C16H19BrN2O. The summed E-state index contributed by atoms with van der Waals surface area (Å²) in [7, 11) is 1.69. The first-order chi connectivity index (χ1) is 9.58. The van der Waals surface area contributed by atoms with Crippen molar-refractivity contribution in [3.05, 3.63) is 63.1 Å². The summed E-state index contributed by atoms with van der Waals surface area (Å²) >= 11 is 3.59. The monoisotopic (exact) mass is 334 g/mol. The Labute approximate surface area is 128 Å². The topological polar surface area (TPSA) is 47.3 Å². The molecule has 0 aliphatic carbocycles. The number of aryl methyl sites for hydroxylation is 2. The van der Waals surface area contributed by atoms with Crippen LogP contribution < -0.4 is 16.0 Å². The number of hydrogen-bond acceptors (Lipinski definition) is 3. The predicted octanol–water partition coefficient (Wildman–Crippen LogP) is 3.63. The Morgan fingerprint density at radius 2 is 1.80 bits per heavy atom. The molecule has 0 heterocycles. The number of ether oxygens (including phenoxy) is 1. The molecule has 3 nitrogen and oxygen atoms in total. The van der Waals surface area contributed by atoms with E-state index in [1.165, 1.54) is 0 Å². The molecule has 0 aliphatic rings. The zero-order valence-corrected chi connectivity index (χ0v) is 13.5. The fraction of sp³-hybridized carbons (Fsp3) is 0.250. The van der Waals surface area contributed by atoms with E-state index < -0.39 is 0 Å². The van der Waals surface area contributed by atoms with Crippen molar-refractivity contribution in [1.29, 1.82) is 0 Å². The van der Waals surface area contributed by atoms with Crippen LogP contribution in [0.25, 0.3) is 0 Å². The second-order valence-corrected chi connectivity index (χ2v) is 5.65. The van der Waals surface area contributed by atoms with Gasteiger partial charge in [-0.1, -0.05) is 40.2 Å². The van der Waals surface area contributed by atoms with Crippen molar-refractivity contribution >= 4 is 15.9 Å². The third-order valence-electron chi connectivity index (χ3n) is 3.48. The maximum Gasteiger partial charge on any atom is 0.122 e. The number of halogens is 1. The molecule has 0 bridgehead atoms. The Hall–Kier alpha value is -1.36. The molecular weight excluding hydrogens is 316 g/mol. The van der Waals surface area contributed by atoms with Crippen molar-refractivity contribution in [2.24, 2.45) is 5.84 Å². The molecule has 2 aromatic rings. The van der Waals surface area contributed by atoms with E-state index in [0.717, 1.165) is 32.5 Å². The van der Waals surface area contributed by atoms with E-state index in [0.29, 0.717) is 0 Å². The summed E-state index contributed by atoms with van der Waals surface area (Å²) in [5.41, 5.74) is 7.42. The van der Waals surface area contributed by atoms with E-state index in [9.17, 15) is 0 Å². The van der Waals surface area contributed by atoms with Crippen LogP contribution in [0.2, 0.25) is 0 Å². The number of nitrogens with two attached hydrogens (primary N) is 1. The van der Waals surface area contributed by atoms with Gasteiger partial charge in [0, 0.05) is 4.47 Å². The molecule has 0 aromatic heterocycles. The van der Waals surface area contributed by atoms with Gasteiger partial charge in [0.1, 0.15) is 5.75 Å². The number of benzene rings is 2. The fourth-order valence-electron chi connectivity index (χ4n) is 2.40. The third-order valence-corrected chi connectivity index (χ3v) is 4.20. The highest BCUT2D eigenvalue weighted by atomic mass is 79.9. The molecule has 0 saturated carbocycles. The van der Waals surface area contributed by atoms with Crippen molar-refractivity contribution in [3.63, 3.8) is 0 Å². The molecule has 0 spiro atoms. The van der Waals surface area contributed by atoms with Gasteiger partial charge in [0.05, 0.1) is 13.2 Å². The van der Waals surface area contributed by atoms with Crippen molar-refractivity contribution in [2.45, 2.75) is 19.9 Å². The SMILES string of the molecule is COc1cc(C)c(C(NN)c2ccccc2Br)cc1C. The minimum Gasteiger partial charge on any atom is -0.496 e. The van der Waals surface area contributed by atoms with Crippen LogP contribution in [0.3, 0.4) is 0 Å². The quantitative estimate of drug-likeness (QED) is 0.663. The second-order valence-electron chi connectivity index (χ2n) is 4.80. The Morgan fingerprint density at radius 3 is 2.40 bits per heavy atom. The second kappa shape index (κ2) is 6.39. The lowest BCUT2D eigenvalue weighted by Crippen LogP contribution is -2.29. The lowest BCUT2D eigenvalue weighted by molar-refractivity contribution is 0.411. The van der Waals surface area contributed by atoms with Gasteiger partial charge in [-0.25, -0.2) is 5.43 Å². The molecule has 2 aromatic carbocycles. The van der Waals surface area contributed by atoms with E-state index in [2.05, 4.69) is 40.4 Å². The molecule has 0 radical (unpaired) electrons. The molecule has 2 rings (SSSR count). The summed E-state index contributed by atoms with van der Waals surface area (Å²) in [5, 5.41) is 0. The summed E-state index contributed by atoms with van der Waals surface area (Å²) in [5.74, 6) is 6.69. The molecule has 20 heavy (non-hydrogen) atoms. The number of methoxy groups -OCH3 is 1. The highest BCUT2D eigenvalue weighted by molar-refractivity contribution is 9.10. The van der Waals surface area contributed by atoms with Crippen LogP contribution >= 0.6 is 15.9 Å². The van der Waals surface area contributed by atoms with Gasteiger partial charge in [0.15, 0.2) is 0 Å². The minimum absolute atomic E-state index is 0.0600. The lowest BCUT2D eigenvalue weighted by Gasteiger charge is -2.22. The fourth-order valence-corrected chi connectivity index (χ4v) is 2.91. The van der Waals surface area contributed by atoms with Crippen LogP contribution in [0, 0.1) is 13.8 Å². The van der Waals surface area contributed by atoms with Gasteiger partial charge in [-0.2, -0.15) is 0 Å². The van der Waals surface area contributed by atoms with Gasteiger partial charge < -0.3 is 4.74 Å². The standard InChI is InChI=1S/C16H19BrN2O/c1-10-9-15(20-3)11(2)8-13(10)16(19-18)12-6-4-5-7-14(12)17/h4-9,16,19H,18H2,1-3H3. The van der Waals surface area contributed by atoms with E-state index in [4.69, 9.17) is 10.6 Å². The first-order valence-corrected chi connectivity index (χ1v) is 7.23. The summed E-state index contributed by atoms with van der Waals surface area (Å²) in [6, 6.07) is 12.2. The Balaban J connectivity index is 2.53. The number of rotatable bonds is 4. The molecule has 4 heteroatoms. The normalized spacial score (nSPS) is 12.2. The maximum absolute atomic E-state index is 5.79. The minimum atomic E-state index is -0.0600. The summed E-state index contributed by atoms with van der Waals surface area (Å²) < 4.78 is 6.40. The van der Waals surface area contributed by atoms with Gasteiger partial charge in [-0.15, -0.1) is 0 Å². The largest absolute Gasteiger partial charge is 0.496 e. The van der Waals surface area contributed by atoms with E-state index in [1.807, 2.05) is 31.2 Å². The molecule has 1 unspecified atom stereocenters. The smallest absolute Gasteiger partial charge is 0.122 e. The molecule has 106 valence electrons. The van der Waals surface area contributed by atoms with Gasteiger partial charge >= 0.3 is 0 Å². The summed E-state index contributed by atoms with van der Waals surface area (Å²) in [6.45, 7) is 4.11. The zero-order valence-electron chi connectivity index (χ0n) is 11.9. The van der Waals surface area contributed by atoms with E-state index >= 15 is 0 Å². The molecule has 0 saturated heterocycles. The molecule has 0 fully saturated rings. The van der Waals surface area contributed by atoms with Crippen molar-refractivity contribution in [3.8, 4) is 5.75 Å². The highest BCUT2D eigenvalue weighted by Crippen LogP contribution is 2.32. The third kappa shape index (κ3) is 2.87. The molecule has 3 N–H and O–H groups in total. The number of hydrazine groups is 1.